The van der Waals surface area contributed by atoms with Crippen LogP contribution in [0.2, 0.25) is 0 Å². The molecule has 82 valence electrons. The number of hydrogen-bond donors (Lipinski definition) is 1. The first-order valence-electron chi connectivity index (χ1n) is 5.11. The highest BCUT2D eigenvalue weighted by Crippen LogP contribution is 2.20. The maximum absolute atomic E-state index is 12.0. The Kier molecular flexibility index (Phi) is 1.94. The fourth-order valence-electron chi connectivity index (χ4n) is 1.76. The van der Waals surface area contributed by atoms with Crippen LogP contribution in [-0.4, -0.2) is 28.9 Å². The van der Waals surface area contributed by atoms with Crippen molar-refractivity contribution in [2.24, 2.45) is 5.92 Å². The summed E-state index contributed by atoms with van der Waals surface area (Å²) in [5.41, 5.74) is 7.09. The first kappa shape index (κ1) is 9.35. The van der Waals surface area contributed by atoms with Gasteiger partial charge in [-0.1, -0.05) is 0 Å². The van der Waals surface area contributed by atoms with Crippen molar-refractivity contribution in [3.05, 3.63) is 24.4 Å². The Morgan fingerprint density at radius 2 is 2.31 bits per heavy atom. The third-order valence-corrected chi connectivity index (χ3v) is 2.79. The van der Waals surface area contributed by atoms with Crippen LogP contribution >= 0.6 is 0 Å². The second-order valence-electron chi connectivity index (χ2n) is 3.95. The number of aromatic nitrogens is 2. The molecule has 0 unspecified atom stereocenters. The van der Waals surface area contributed by atoms with E-state index in [0.29, 0.717) is 18.9 Å². The van der Waals surface area contributed by atoms with Gasteiger partial charge in [-0.2, -0.15) is 9.78 Å². The monoisotopic (exact) mass is 217 g/mol. The summed E-state index contributed by atoms with van der Waals surface area (Å²) in [7, 11) is 0. The maximum atomic E-state index is 12.0. The zero-order valence-corrected chi connectivity index (χ0v) is 8.59. The third-order valence-electron chi connectivity index (χ3n) is 2.79. The van der Waals surface area contributed by atoms with Crippen molar-refractivity contribution in [2.75, 3.05) is 18.9 Å². The molecule has 0 saturated carbocycles. The molecule has 0 spiro atoms. The van der Waals surface area contributed by atoms with Crippen LogP contribution in [0.3, 0.4) is 0 Å². The molecule has 0 bridgehead atoms. The van der Waals surface area contributed by atoms with Crippen molar-refractivity contribution >= 4 is 22.5 Å². The Balaban J connectivity index is 2.08. The van der Waals surface area contributed by atoms with Gasteiger partial charge in [0.15, 0.2) is 0 Å². The smallest absolute Gasteiger partial charge is 0.255 e. The highest BCUT2D eigenvalue weighted by atomic mass is 16.5. The van der Waals surface area contributed by atoms with Crippen LogP contribution in [0.25, 0.3) is 10.9 Å². The van der Waals surface area contributed by atoms with Crippen molar-refractivity contribution in [1.29, 1.82) is 0 Å². The van der Waals surface area contributed by atoms with E-state index in [1.54, 1.807) is 18.3 Å². The summed E-state index contributed by atoms with van der Waals surface area (Å²) in [6.07, 6.45) is 1.67. The molecule has 1 aliphatic rings. The van der Waals surface area contributed by atoms with Gasteiger partial charge >= 0.3 is 0 Å². The normalized spacial score (nSPS) is 16.2. The van der Waals surface area contributed by atoms with Crippen LogP contribution in [0.5, 0.6) is 0 Å². The Labute approximate surface area is 91.8 Å². The lowest BCUT2D eigenvalue weighted by Crippen LogP contribution is -2.38. The Hall–Kier alpha value is -1.88. The summed E-state index contributed by atoms with van der Waals surface area (Å²) in [6.45, 7) is 0.977. The molecule has 16 heavy (non-hydrogen) atoms. The minimum Gasteiger partial charge on any atom is -0.399 e. The lowest BCUT2D eigenvalue weighted by molar-refractivity contribution is -0.0243. The number of nitrogens with zero attached hydrogens (tertiary/aromatic N) is 2. The van der Waals surface area contributed by atoms with Gasteiger partial charge in [0.25, 0.3) is 5.91 Å². The van der Waals surface area contributed by atoms with Crippen LogP contribution in [0.15, 0.2) is 24.4 Å². The topological polar surface area (TPSA) is 70.1 Å². The first-order chi connectivity index (χ1) is 7.75. The molecule has 5 nitrogen and oxygen atoms in total. The summed E-state index contributed by atoms with van der Waals surface area (Å²) in [6, 6.07) is 5.42. The van der Waals surface area contributed by atoms with E-state index in [0.717, 1.165) is 10.9 Å². The lowest BCUT2D eigenvalue weighted by atomic mass is 10.1. The lowest BCUT2D eigenvalue weighted by Gasteiger charge is -2.24. The van der Waals surface area contributed by atoms with Crippen LogP contribution in [0.4, 0.5) is 5.69 Å². The molecule has 0 radical (unpaired) electrons. The van der Waals surface area contributed by atoms with Crippen molar-refractivity contribution in [3.8, 4) is 0 Å². The fraction of sp³-hybridized carbons (Fsp3) is 0.273. The molecule has 1 saturated heterocycles. The Bertz CT molecular complexity index is 557. The molecule has 0 amide bonds. The van der Waals surface area contributed by atoms with Gasteiger partial charge in [0.1, 0.15) is 0 Å². The van der Waals surface area contributed by atoms with Crippen LogP contribution < -0.4 is 5.73 Å². The molecule has 1 fully saturated rings. The summed E-state index contributed by atoms with van der Waals surface area (Å²) in [4.78, 5) is 12.0. The van der Waals surface area contributed by atoms with E-state index in [9.17, 15) is 4.79 Å². The van der Waals surface area contributed by atoms with E-state index in [-0.39, 0.29) is 11.8 Å². The summed E-state index contributed by atoms with van der Waals surface area (Å²) >= 11 is 0. The van der Waals surface area contributed by atoms with Gasteiger partial charge in [0.2, 0.25) is 0 Å². The Morgan fingerprint density at radius 1 is 1.50 bits per heavy atom. The zero-order valence-electron chi connectivity index (χ0n) is 8.59. The van der Waals surface area contributed by atoms with Gasteiger partial charge in [0, 0.05) is 11.1 Å². The predicted octanol–water partition coefficient (Wildman–Crippen LogP) is 0.905. The molecule has 1 aromatic heterocycles. The number of nitrogens with two attached hydrogens (primary N) is 1. The SMILES string of the molecule is Nc1ccc2cnn(C(=O)C3COC3)c2c1. The second kappa shape index (κ2) is 3.31. The number of carbonyl (C=O) groups excluding carboxylic acids is 1. The van der Waals surface area contributed by atoms with Gasteiger partial charge < -0.3 is 10.5 Å². The predicted molar refractivity (Wildman–Crippen MR) is 59.1 cm³/mol. The number of ether oxygens (including phenoxy) is 1. The minimum absolute atomic E-state index is 0.0214. The fourth-order valence-corrected chi connectivity index (χ4v) is 1.76. The van der Waals surface area contributed by atoms with E-state index in [1.165, 1.54) is 4.68 Å². The van der Waals surface area contributed by atoms with Crippen LogP contribution in [0, 0.1) is 5.92 Å². The van der Waals surface area contributed by atoms with Gasteiger partial charge in [-0.25, -0.2) is 0 Å². The summed E-state index contributed by atoms with van der Waals surface area (Å²) < 4.78 is 6.42. The standard InChI is InChI=1S/C11H11N3O2/c12-9-2-1-7-4-13-14(10(7)3-9)11(15)8-5-16-6-8/h1-4,8H,5-6,12H2. The van der Waals surface area contributed by atoms with Gasteiger partial charge in [-0.15, -0.1) is 0 Å². The number of carbonyl (C=O) groups is 1. The van der Waals surface area contributed by atoms with E-state index in [2.05, 4.69) is 5.10 Å². The molecule has 5 heteroatoms. The first-order valence-corrected chi connectivity index (χ1v) is 5.11. The molecule has 0 aliphatic carbocycles. The number of benzene rings is 1. The van der Waals surface area contributed by atoms with Crippen molar-refractivity contribution in [3.63, 3.8) is 0 Å². The van der Waals surface area contributed by atoms with Crippen molar-refractivity contribution < 1.29 is 9.53 Å². The molecule has 1 aromatic carbocycles. The quantitative estimate of drug-likeness (QED) is 0.720. The van der Waals surface area contributed by atoms with Gasteiger partial charge in [-0.05, 0) is 18.2 Å². The maximum Gasteiger partial charge on any atom is 0.255 e. The molecular formula is C11H11N3O2. The van der Waals surface area contributed by atoms with E-state index >= 15 is 0 Å². The molecule has 0 atom stereocenters. The second-order valence-corrected chi connectivity index (χ2v) is 3.95. The van der Waals surface area contributed by atoms with Crippen LogP contribution in [-0.2, 0) is 4.74 Å². The molecule has 1 aliphatic heterocycles. The highest BCUT2D eigenvalue weighted by Gasteiger charge is 2.29. The zero-order chi connectivity index (χ0) is 11.1. The molecule has 2 N–H and O–H groups in total. The number of nitrogen functional groups attached to an aromatic ring is 1. The molecular weight excluding hydrogens is 206 g/mol. The average Bonchev–Trinajstić information content (AvgIpc) is 2.57. The average molecular weight is 217 g/mol. The van der Waals surface area contributed by atoms with Gasteiger partial charge in [0.05, 0.1) is 30.8 Å². The van der Waals surface area contributed by atoms with E-state index in [4.69, 9.17) is 10.5 Å². The van der Waals surface area contributed by atoms with Crippen LogP contribution in [0.1, 0.15) is 4.79 Å². The number of fused-ring (bicyclic) bond motifs is 1. The van der Waals surface area contributed by atoms with E-state index < -0.39 is 0 Å². The number of rotatable bonds is 1. The Morgan fingerprint density at radius 3 is 3.00 bits per heavy atom. The third kappa shape index (κ3) is 1.29. The minimum atomic E-state index is -0.0652. The number of anilines is 1. The van der Waals surface area contributed by atoms with Crippen molar-refractivity contribution in [2.45, 2.75) is 0 Å². The number of hydrogen-bond acceptors (Lipinski definition) is 4. The largest absolute Gasteiger partial charge is 0.399 e. The summed E-state index contributed by atoms with van der Waals surface area (Å²) in [5.74, 6) is -0.0867. The molecule has 2 heterocycles. The molecule has 2 aromatic rings. The van der Waals surface area contributed by atoms with Crippen molar-refractivity contribution in [1.82, 2.24) is 9.78 Å². The summed E-state index contributed by atoms with van der Waals surface area (Å²) in [5, 5.41) is 5.01. The molecule has 3 rings (SSSR count). The van der Waals surface area contributed by atoms with E-state index in [1.807, 2.05) is 6.07 Å². The van der Waals surface area contributed by atoms with Gasteiger partial charge in [-0.3, -0.25) is 4.79 Å². The highest BCUT2D eigenvalue weighted by molar-refractivity contribution is 5.93.